The maximum Gasteiger partial charge on any atom is 0.450 e. The van der Waals surface area contributed by atoms with Gasteiger partial charge in [0, 0.05) is 5.56 Å². The molecule has 5 N–H and O–H groups in total. The number of imidazole rings is 1. The monoisotopic (exact) mass is 417 g/mol. The summed E-state index contributed by atoms with van der Waals surface area (Å²) < 4.78 is 46.7. The summed E-state index contributed by atoms with van der Waals surface area (Å²) in [6.45, 7) is 3.77. The zero-order valence-electron chi connectivity index (χ0n) is 15.9. The Morgan fingerprint density at radius 1 is 1.27 bits per heavy atom. The number of carbonyl (C=O) groups excluding carboxylic acids is 1. The van der Waals surface area contributed by atoms with Crippen molar-refractivity contribution in [1.29, 1.82) is 0 Å². The summed E-state index contributed by atoms with van der Waals surface area (Å²) in [5, 5.41) is 9.81. The van der Waals surface area contributed by atoms with E-state index in [0.717, 1.165) is 0 Å². The van der Waals surface area contributed by atoms with E-state index in [9.17, 15) is 23.1 Å². The van der Waals surface area contributed by atoms with Crippen molar-refractivity contribution in [2.75, 3.05) is 5.73 Å². The molecule has 11 heteroatoms. The number of aryl methyl sites for hydroxylation is 2. The molecule has 30 heavy (non-hydrogen) atoms. The van der Waals surface area contributed by atoms with Gasteiger partial charge in [0.25, 0.3) is 5.91 Å². The van der Waals surface area contributed by atoms with Crippen molar-refractivity contribution in [1.82, 2.24) is 13.8 Å². The molecule has 4 aromatic heterocycles. The molecule has 0 spiro atoms. The summed E-state index contributed by atoms with van der Waals surface area (Å²) >= 11 is 0. The lowest BCUT2D eigenvalue weighted by molar-refractivity contribution is -0.669. The van der Waals surface area contributed by atoms with Crippen molar-refractivity contribution in [2.24, 2.45) is 5.73 Å². The van der Waals surface area contributed by atoms with Crippen molar-refractivity contribution in [2.45, 2.75) is 26.6 Å². The number of rotatable bonds is 2. The second kappa shape index (κ2) is 5.43. The van der Waals surface area contributed by atoms with Crippen LogP contribution in [0.2, 0.25) is 0 Å². The van der Waals surface area contributed by atoms with E-state index in [1.54, 1.807) is 35.2 Å². The summed E-state index contributed by atoms with van der Waals surface area (Å²) in [6, 6.07) is 3.12. The Labute approximate surface area is 166 Å². The molecule has 0 fully saturated rings. The third kappa shape index (κ3) is 1.98. The number of pyridine rings is 1. The molecule has 0 aliphatic rings. The maximum atomic E-state index is 14.0. The highest BCUT2D eigenvalue weighted by atomic mass is 19.4. The smallest absolute Gasteiger partial charge is 0.450 e. The SMILES string of the molecule is CC[n+]1cn2c3ccc(O)c(C)c3n3c(N)c(C(N)=O)c4c(C(F)(F)F)nc1c2c43. The maximum absolute atomic E-state index is 14.0. The standard InChI is InChI=1S/C19H15F3N6O2/c1-3-26-6-27-8-4-5-9(29)7(2)12(8)28-13-10(11(16(28)23)17(24)30)15(19(20,21)22)25-18(26)14(13)27/h4-6H,3H2,1-2H3,(H4-,23,24,29,30)/p+1. The zero-order valence-corrected chi connectivity index (χ0v) is 15.9. The molecule has 0 radical (unpaired) electrons. The highest BCUT2D eigenvalue weighted by Crippen LogP contribution is 2.43. The third-order valence-electron chi connectivity index (χ3n) is 5.59. The zero-order chi connectivity index (χ0) is 21.7. The predicted molar refractivity (Wildman–Crippen MR) is 103 cm³/mol. The van der Waals surface area contributed by atoms with Gasteiger partial charge in [-0.1, -0.05) is 4.98 Å². The van der Waals surface area contributed by atoms with Gasteiger partial charge >= 0.3 is 11.8 Å². The minimum absolute atomic E-state index is 0.0593. The first-order chi connectivity index (χ1) is 14.1. The summed E-state index contributed by atoms with van der Waals surface area (Å²) in [5.74, 6) is -1.38. The van der Waals surface area contributed by atoms with Gasteiger partial charge in [-0.25, -0.2) is 8.97 Å². The number of nitrogen functional groups attached to an aromatic ring is 1. The molecule has 0 atom stereocenters. The Balaban J connectivity index is 2.27. The van der Waals surface area contributed by atoms with Crippen molar-refractivity contribution >= 4 is 44.8 Å². The number of fused-ring (bicyclic) bond motifs is 3. The van der Waals surface area contributed by atoms with Gasteiger partial charge in [0.15, 0.2) is 6.33 Å². The molecule has 1 amide bonds. The number of anilines is 1. The van der Waals surface area contributed by atoms with Crippen LogP contribution >= 0.6 is 0 Å². The van der Waals surface area contributed by atoms with Crippen LogP contribution in [-0.4, -0.2) is 24.8 Å². The van der Waals surface area contributed by atoms with Gasteiger partial charge in [-0.2, -0.15) is 13.2 Å². The molecular formula is C19H16F3N6O2+. The van der Waals surface area contributed by atoms with Crippen molar-refractivity contribution in [3.8, 4) is 5.75 Å². The number of benzene rings is 1. The number of phenolic OH excluding ortho intramolecular Hbond substituents is 1. The number of carbonyl (C=O) groups is 1. The van der Waals surface area contributed by atoms with E-state index < -0.39 is 28.7 Å². The van der Waals surface area contributed by atoms with E-state index in [4.69, 9.17) is 11.5 Å². The Kier molecular flexibility index (Phi) is 3.31. The number of aromatic hydroxyl groups is 1. The van der Waals surface area contributed by atoms with Gasteiger partial charge in [0.2, 0.25) is 11.2 Å². The molecule has 0 aliphatic carbocycles. The summed E-state index contributed by atoms with van der Waals surface area (Å²) in [5.41, 5.74) is 11.9. The quantitative estimate of drug-likeness (QED) is 0.302. The van der Waals surface area contributed by atoms with Crippen LogP contribution in [0, 0.1) is 6.92 Å². The molecule has 4 heterocycles. The minimum Gasteiger partial charge on any atom is -0.508 e. The summed E-state index contributed by atoms with van der Waals surface area (Å²) in [4.78, 5) is 16.1. The minimum atomic E-state index is -4.85. The van der Waals surface area contributed by atoms with Crippen molar-refractivity contribution < 1.29 is 27.6 Å². The number of nitrogens with two attached hydrogens (primary N) is 2. The lowest BCUT2D eigenvalue weighted by atomic mass is 10.1. The van der Waals surface area contributed by atoms with Gasteiger partial charge in [0.05, 0.1) is 23.0 Å². The Bertz CT molecular complexity index is 1530. The molecular weight excluding hydrogens is 401 g/mol. The average molecular weight is 417 g/mol. The first kappa shape index (κ1) is 18.3. The molecule has 154 valence electrons. The van der Waals surface area contributed by atoms with Crippen molar-refractivity contribution in [3.05, 3.63) is 35.3 Å². The molecule has 0 saturated heterocycles. The molecule has 0 unspecified atom stereocenters. The van der Waals surface area contributed by atoms with Gasteiger partial charge < -0.3 is 16.6 Å². The Hall–Kier alpha value is -3.76. The van der Waals surface area contributed by atoms with Crippen LogP contribution in [-0.2, 0) is 12.7 Å². The van der Waals surface area contributed by atoms with Crippen LogP contribution in [0.4, 0.5) is 19.0 Å². The number of halogens is 3. The fourth-order valence-corrected chi connectivity index (χ4v) is 4.29. The lowest BCUT2D eigenvalue weighted by Gasteiger charge is -2.11. The third-order valence-corrected chi connectivity index (χ3v) is 5.59. The average Bonchev–Trinajstić information content (AvgIpc) is 3.18. The number of phenols is 1. The predicted octanol–water partition coefficient (Wildman–Crippen LogP) is 2.35. The summed E-state index contributed by atoms with van der Waals surface area (Å²) in [6.07, 6.45) is -3.21. The highest BCUT2D eigenvalue weighted by Gasteiger charge is 2.44. The van der Waals surface area contributed by atoms with E-state index in [1.165, 1.54) is 10.5 Å². The van der Waals surface area contributed by atoms with Gasteiger partial charge in [-0.05, 0) is 26.0 Å². The number of primary amides is 1. The molecule has 8 nitrogen and oxygen atoms in total. The molecule has 0 saturated carbocycles. The number of amides is 1. The van der Waals surface area contributed by atoms with Gasteiger partial charge in [0.1, 0.15) is 22.6 Å². The second-order valence-corrected chi connectivity index (χ2v) is 7.16. The van der Waals surface area contributed by atoms with Gasteiger partial charge in [-0.3, -0.25) is 9.20 Å². The molecule has 1 aromatic carbocycles. The Morgan fingerprint density at radius 3 is 2.57 bits per heavy atom. The number of aromatic nitrogens is 4. The number of alkyl halides is 3. The fraction of sp³-hybridized carbons (Fsp3) is 0.211. The van der Waals surface area contributed by atoms with Crippen LogP contribution in [0.5, 0.6) is 5.75 Å². The topological polar surface area (TPSA) is 115 Å². The lowest BCUT2D eigenvalue weighted by Crippen LogP contribution is -2.31. The van der Waals surface area contributed by atoms with E-state index in [-0.39, 0.29) is 22.7 Å². The Morgan fingerprint density at radius 2 is 1.97 bits per heavy atom. The molecule has 5 aromatic rings. The van der Waals surface area contributed by atoms with Crippen LogP contribution in [0.15, 0.2) is 18.5 Å². The molecule has 0 aliphatic heterocycles. The van der Waals surface area contributed by atoms with Crippen LogP contribution < -0.4 is 16.0 Å². The normalized spacial score (nSPS) is 12.8. The van der Waals surface area contributed by atoms with Crippen molar-refractivity contribution in [3.63, 3.8) is 0 Å². The number of nitrogens with zero attached hydrogens (tertiary/aromatic N) is 4. The van der Waals surface area contributed by atoms with Crippen LogP contribution in [0.25, 0.3) is 33.1 Å². The van der Waals surface area contributed by atoms with Crippen LogP contribution in [0.1, 0.15) is 28.5 Å². The van der Waals surface area contributed by atoms with E-state index >= 15 is 0 Å². The summed E-state index contributed by atoms with van der Waals surface area (Å²) in [7, 11) is 0. The van der Waals surface area contributed by atoms with E-state index in [2.05, 4.69) is 4.98 Å². The highest BCUT2D eigenvalue weighted by molar-refractivity contribution is 6.19. The number of hydrogen-bond acceptors (Lipinski definition) is 4. The first-order valence-corrected chi connectivity index (χ1v) is 9.06. The second-order valence-electron chi connectivity index (χ2n) is 7.16. The molecule has 0 bridgehead atoms. The van der Waals surface area contributed by atoms with Gasteiger partial charge in [-0.15, -0.1) is 0 Å². The fourth-order valence-electron chi connectivity index (χ4n) is 4.29. The van der Waals surface area contributed by atoms with E-state index in [1.807, 2.05) is 0 Å². The largest absolute Gasteiger partial charge is 0.508 e. The van der Waals surface area contributed by atoms with Crippen LogP contribution in [0.3, 0.4) is 0 Å². The van der Waals surface area contributed by atoms with E-state index in [0.29, 0.717) is 28.7 Å². The number of hydrogen-bond donors (Lipinski definition) is 3. The molecule has 5 rings (SSSR count). The first-order valence-electron chi connectivity index (χ1n) is 9.06.